The second kappa shape index (κ2) is 4.09. The molecule has 3 rings (SSSR count). The molecule has 2 saturated heterocycles. The molecule has 2 heterocycles. The third-order valence-electron chi connectivity index (χ3n) is 3.34. The van der Waals surface area contributed by atoms with E-state index < -0.39 is 4.92 Å². The number of hydrogen-bond donors (Lipinski definition) is 0. The molecule has 2 aliphatic heterocycles. The van der Waals surface area contributed by atoms with Gasteiger partial charge in [0.25, 0.3) is 5.69 Å². The van der Waals surface area contributed by atoms with E-state index in [1.54, 1.807) is 6.07 Å². The molecule has 5 heteroatoms. The number of fused-ring (bicyclic) bond motifs is 1. The van der Waals surface area contributed by atoms with Crippen molar-refractivity contribution in [3.63, 3.8) is 0 Å². The SMILES string of the molecule is O=[N+]([O-])c1cc[c]c(C2CC3CCOC3O2)c1. The average molecular weight is 234 g/mol. The fourth-order valence-corrected chi connectivity index (χ4v) is 2.45. The number of hydrogen-bond acceptors (Lipinski definition) is 4. The zero-order valence-corrected chi connectivity index (χ0v) is 9.17. The van der Waals surface area contributed by atoms with Crippen LogP contribution in [0.4, 0.5) is 5.69 Å². The van der Waals surface area contributed by atoms with Crippen LogP contribution in [-0.4, -0.2) is 17.8 Å². The van der Waals surface area contributed by atoms with Crippen molar-refractivity contribution in [2.45, 2.75) is 25.2 Å². The molecule has 0 amide bonds. The van der Waals surface area contributed by atoms with E-state index in [2.05, 4.69) is 6.07 Å². The third kappa shape index (κ3) is 1.92. The minimum absolute atomic E-state index is 0.0836. The number of ether oxygens (including phenoxy) is 2. The fourth-order valence-electron chi connectivity index (χ4n) is 2.45. The summed E-state index contributed by atoms with van der Waals surface area (Å²) in [5.41, 5.74) is 0.831. The second-order valence-electron chi connectivity index (χ2n) is 4.41. The van der Waals surface area contributed by atoms with Crippen molar-refractivity contribution < 1.29 is 14.4 Å². The maximum Gasteiger partial charge on any atom is 0.269 e. The van der Waals surface area contributed by atoms with E-state index in [1.807, 2.05) is 0 Å². The zero-order valence-electron chi connectivity index (χ0n) is 9.17. The van der Waals surface area contributed by atoms with E-state index in [4.69, 9.17) is 9.47 Å². The lowest BCUT2D eigenvalue weighted by Gasteiger charge is -2.12. The van der Waals surface area contributed by atoms with Gasteiger partial charge in [0, 0.05) is 18.1 Å². The Kier molecular flexibility index (Phi) is 2.57. The largest absolute Gasteiger partial charge is 0.352 e. The molecule has 2 fully saturated rings. The van der Waals surface area contributed by atoms with E-state index in [0.29, 0.717) is 5.92 Å². The maximum absolute atomic E-state index is 10.7. The highest BCUT2D eigenvalue weighted by Gasteiger charge is 2.40. The first kappa shape index (κ1) is 10.7. The molecule has 1 aromatic carbocycles. The highest BCUT2D eigenvalue weighted by Crippen LogP contribution is 2.42. The Labute approximate surface area is 98.5 Å². The van der Waals surface area contributed by atoms with Crippen LogP contribution in [0.3, 0.4) is 0 Å². The molecule has 0 saturated carbocycles. The molecular weight excluding hydrogens is 222 g/mol. The Morgan fingerprint density at radius 1 is 1.53 bits per heavy atom. The number of rotatable bonds is 2. The van der Waals surface area contributed by atoms with Crippen LogP contribution in [0.2, 0.25) is 0 Å². The number of nitro benzene ring substituents is 1. The van der Waals surface area contributed by atoms with E-state index in [-0.39, 0.29) is 18.1 Å². The summed E-state index contributed by atoms with van der Waals surface area (Å²) in [6, 6.07) is 7.56. The Morgan fingerprint density at radius 2 is 2.41 bits per heavy atom. The monoisotopic (exact) mass is 234 g/mol. The van der Waals surface area contributed by atoms with Gasteiger partial charge in [-0.2, -0.15) is 0 Å². The Balaban J connectivity index is 1.81. The van der Waals surface area contributed by atoms with Gasteiger partial charge in [-0.15, -0.1) is 0 Å². The molecule has 1 radical (unpaired) electrons. The minimum Gasteiger partial charge on any atom is -0.352 e. The van der Waals surface area contributed by atoms with Crippen molar-refractivity contribution in [2.75, 3.05) is 6.61 Å². The molecular formula is C12H12NO4. The van der Waals surface area contributed by atoms with Crippen LogP contribution in [0, 0.1) is 22.1 Å². The van der Waals surface area contributed by atoms with Crippen molar-refractivity contribution in [3.05, 3.63) is 39.9 Å². The Hall–Kier alpha value is -1.46. The van der Waals surface area contributed by atoms with Gasteiger partial charge < -0.3 is 9.47 Å². The first-order valence-corrected chi connectivity index (χ1v) is 5.67. The lowest BCUT2D eigenvalue weighted by molar-refractivity contribution is -0.385. The molecule has 1 aromatic rings. The van der Waals surface area contributed by atoms with Crippen LogP contribution in [0.5, 0.6) is 0 Å². The summed E-state index contributed by atoms with van der Waals surface area (Å²) in [5.74, 6) is 0.424. The second-order valence-corrected chi connectivity index (χ2v) is 4.41. The van der Waals surface area contributed by atoms with Gasteiger partial charge in [-0.1, -0.05) is 0 Å². The van der Waals surface area contributed by atoms with Crippen molar-refractivity contribution >= 4 is 5.69 Å². The van der Waals surface area contributed by atoms with E-state index in [0.717, 1.165) is 25.0 Å². The van der Waals surface area contributed by atoms with Gasteiger partial charge in [-0.05, 0) is 30.5 Å². The van der Waals surface area contributed by atoms with E-state index in [9.17, 15) is 10.1 Å². The number of non-ortho nitro benzene ring substituents is 1. The van der Waals surface area contributed by atoms with Crippen LogP contribution < -0.4 is 0 Å². The first-order chi connectivity index (χ1) is 8.24. The summed E-state index contributed by atoms with van der Waals surface area (Å²) in [5, 5.41) is 10.7. The third-order valence-corrected chi connectivity index (χ3v) is 3.34. The zero-order chi connectivity index (χ0) is 11.8. The first-order valence-electron chi connectivity index (χ1n) is 5.67. The Morgan fingerprint density at radius 3 is 3.18 bits per heavy atom. The fraction of sp³-hybridized carbons (Fsp3) is 0.500. The molecule has 89 valence electrons. The van der Waals surface area contributed by atoms with Gasteiger partial charge in [0.05, 0.1) is 17.6 Å². The van der Waals surface area contributed by atoms with Crippen LogP contribution in [0.15, 0.2) is 18.2 Å². The van der Waals surface area contributed by atoms with Crippen molar-refractivity contribution in [2.24, 2.45) is 5.92 Å². The highest BCUT2D eigenvalue weighted by molar-refractivity contribution is 5.34. The van der Waals surface area contributed by atoms with Gasteiger partial charge in [0.1, 0.15) is 0 Å². The van der Waals surface area contributed by atoms with Gasteiger partial charge in [-0.25, -0.2) is 0 Å². The average Bonchev–Trinajstić information content (AvgIpc) is 2.89. The summed E-state index contributed by atoms with van der Waals surface area (Å²) in [6.07, 6.45) is 1.62. The van der Waals surface area contributed by atoms with Crippen LogP contribution >= 0.6 is 0 Å². The van der Waals surface area contributed by atoms with Gasteiger partial charge in [0.15, 0.2) is 6.29 Å². The van der Waals surface area contributed by atoms with Crippen LogP contribution in [0.1, 0.15) is 24.5 Å². The summed E-state index contributed by atoms with van der Waals surface area (Å²) in [4.78, 5) is 10.3. The Bertz CT molecular complexity index is 436. The molecule has 2 aliphatic rings. The van der Waals surface area contributed by atoms with Crippen molar-refractivity contribution in [3.8, 4) is 0 Å². The molecule has 0 N–H and O–H groups in total. The summed E-state index contributed by atoms with van der Waals surface area (Å²) < 4.78 is 11.2. The maximum atomic E-state index is 10.7. The van der Waals surface area contributed by atoms with Crippen LogP contribution in [-0.2, 0) is 9.47 Å². The lowest BCUT2D eigenvalue weighted by atomic mass is 9.98. The number of nitrogens with zero attached hydrogens (tertiary/aromatic N) is 1. The van der Waals surface area contributed by atoms with Crippen molar-refractivity contribution in [1.29, 1.82) is 0 Å². The highest BCUT2D eigenvalue weighted by atomic mass is 16.7. The van der Waals surface area contributed by atoms with E-state index in [1.165, 1.54) is 12.1 Å². The lowest BCUT2D eigenvalue weighted by Crippen LogP contribution is -2.10. The van der Waals surface area contributed by atoms with Crippen LogP contribution in [0.25, 0.3) is 0 Å². The van der Waals surface area contributed by atoms with E-state index >= 15 is 0 Å². The predicted molar refractivity (Wildman–Crippen MR) is 58.2 cm³/mol. The smallest absolute Gasteiger partial charge is 0.269 e. The molecule has 0 aromatic heterocycles. The quantitative estimate of drug-likeness (QED) is 0.581. The van der Waals surface area contributed by atoms with Gasteiger partial charge >= 0.3 is 0 Å². The van der Waals surface area contributed by atoms with Gasteiger partial charge in [-0.3, -0.25) is 10.1 Å². The van der Waals surface area contributed by atoms with Gasteiger partial charge in [0.2, 0.25) is 0 Å². The topological polar surface area (TPSA) is 61.6 Å². The normalized spacial score (nSPS) is 31.4. The molecule has 3 unspecified atom stereocenters. The molecule has 3 atom stereocenters. The molecule has 5 nitrogen and oxygen atoms in total. The predicted octanol–water partition coefficient (Wildman–Crippen LogP) is 2.22. The molecule has 0 aliphatic carbocycles. The number of benzene rings is 1. The molecule has 0 spiro atoms. The summed E-state index contributed by atoms with van der Waals surface area (Å²) >= 11 is 0. The number of nitro groups is 1. The molecule has 17 heavy (non-hydrogen) atoms. The van der Waals surface area contributed by atoms with Crippen molar-refractivity contribution in [1.82, 2.24) is 0 Å². The minimum atomic E-state index is -0.399. The standard InChI is InChI=1S/C12H12NO4/c14-13(15)10-3-1-2-8(6-10)11-7-9-4-5-16-12(9)17-11/h1,3,6,9,11-12H,4-5,7H2. The summed E-state index contributed by atoms with van der Waals surface area (Å²) in [7, 11) is 0. The molecule has 0 bridgehead atoms. The summed E-state index contributed by atoms with van der Waals surface area (Å²) in [6.45, 7) is 0.751.